The summed E-state index contributed by atoms with van der Waals surface area (Å²) in [5.41, 5.74) is 0.710. The summed E-state index contributed by atoms with van der Waals surface area (Å²) in [4.78, 5) is 12.2. The number of amides is 1. The highest BCUT2D eigenvalue weighted by molar-refractivity contribution is 6.30. The zero-order valence-electron chi connectivity index (χ0n) is 13.8. The molecule has 2 aliphatic heterocycles. The summed E-state index contributed by atoms with van der Waals surface area (Å²) in [7, 11) is 0. The minimum Gasteiger partial charge on any atom is -0.376 e. The minimum atomic E-state index is -0.583. The Bertz CT molecular complexity index is 598. The Hall–Kier alpha value is -1.25. The summed E-state index contributed by atoms with van der Waals surface area (Å²) in [6.45, 7) is 3.44. The molecule has 8 heteroatoms. The Morgan fingerprint density at radius 2 is 2.20 bits per heavy atom. The maximum absolute atomic E-state index is 13.8. The first-order valence-corrected chi connectivity index (χ1v) is 8.77. The SMILES string of the molecule is O=C(NC[C@@H]1CNCCO[C@H]1c1ccc(Cl)c(F)c1)C1COCCO1. The Labute approximate surface area is 151 Å². The smallest absolute Gasteiger partial charge is 0.251 e. The van der Waals surface area contributed by atoms with Crippen LogP contribution in [0.3, 0.4) is 0 Å². The number of hydrogen-bond acceptors (Lipinski definition) is 5. The summed E-state index contributed by atoms with van der Waals surface area (Å²) in [6, 6.07) is 4.68. The number of halogens is 2. The number of benzene rings is 1. The largest absolute Gasteiger partial charge is 0.376 e. The van der Waals surface area contributed by atoms with Crippen molar-refractivity contribution in [2.75, 3.05) is 46.1 Å². The van der Waals surface area contributed by atoms with E-state index in [1.165, 1.54) is 12.1 Å². The van der Waals surface area contributed by atoms with Gasteiger partial charge >= 0.3 is 0 Å². The summed E-state index contributed by atoms with van der Waals surface area (Å²) >= 11 is 5.77. The van der Waals surface area contributed by atoms with Crippen molar-refractivity contribution in [3.8, 4) is 0 Å². The Morgan fingerprint density at radius 3 is 2.96 bits per heavy atom. The lowest BCUT2D eigenvalue weighted by Gasteiger charge is -2.27. The highest BCUT2D eigenvalue weighted by Gasteiger charge is 2.29. The molecule has 3 rings (SSSR count). The molecule has 1 aromatic carbocycles. The molecule has 3 atom stereocenters. The van der Waals surface area contributed by atoms with Gasteiger partial charge in [0.15, 0.2) is 6.10 Å². The van der Waals surface area contributed by atoms with Crippen molar-refractivity contribution >= 4 is 17.5 Å². The van der Waals surface area contributed by atoms with E-state index in [9.17, 15) is 9.18 Å². The lowest BCUT2D eigenvalue weighted by molar-refractivity contribution is -0.147. The Balaban J connectivity index is 1.65. The Morgan fingerprint density at radius 1 is 1.32 bits per heavy atom. The van der Waals surface area contributed by atoms with Gasteiger partial charge in [0.1, 0.15) is 5.82 Å². The van der Waals surface area contributed by atoms with Crippen molar-refractivity contribution in [1.29, 1.82) is 0 Å². The van der Waals surface area contributed by atoms with E-state index in [-0.39, 0.29) is 29.6 Å². The molecule has 25 heavy (non-hydrogen) atoms. The predicted octanol–water partition coefficient (Wildman–Crippen LogP) is 1.29. The van der Waals surface area contributed by atoms with Crippen LogP contribution >= 0.6 is 11.6 Å². The first-order chi connectivity index (χ1) is 12.1. The molecule has 0 radical (unpaired) electrons. The average molecular weight is 373 g/mol. The van der Waals surface area contributed by atoms with Crippen molar-refractivity contribution in [2.24, 2.45) is 5.92 Å². The molecule has 2 saturated heterocycles. The molecule has 138 valence electrons. The van der Waals surface area contributed by atoms with Gasteiger partial charge in [0, 0.05) is 25.6 Å². The molecular weight excluding hydrogens is 351 g/mol. The molecule has 1 unspecified atom stereocenters. The van der Waals surface area contributed by atoms with Gasteiger partial charge in [-0.05, 0) is 17.7 Å². The van der Waals surface area contributed by atoms with E-state index in [2.05, 4.69) is 10.6 Å². The number of rotatable bonds is 4. The van der Waals surface area contributed by atoms with Crippen LogP contribution in [0.15, 0.2) is 18.2 Å². The van der Waals surface area contributed by atoms with Gasteiger partial charge in [-0.1, -0.05) is 17.7 Å². The molecule has 0 aliphatic carbocycles. The second-order valence-corrected chi connectivity index (χ2v) is 6.52. The first kappa shape index (κ1) is 18.5. The van der Waals surface area contributed by atoms with Crippen molar-refractivity contribution in [1.82, 2.24) is 10.6 Å². The zero-order valence-corrected chi connectivity index (χ0v) is 14.6. The topological polar surface area (TPSA) is 68.8 Å². The molecule has 1 amide bonds. The fraction of sp³-hybridized carbons (Fsp3) is 0.588. The first-order valence-electron chi connectivity index (χ1n) is 8.39. The summed E-state index contributed by atoms with van der Waals surface area (Å²) in [5, 5.41) is 6.24. The van der Waals surface area contributed by atoms with E-state index in [1.807, 2.05) is 0 Å². The van der Waals surface area contributed by atoms with Crippen LogP contribution in [-0.2, 0) is 19.0 Å². The van der Waals surface area contributed by atoms with Crippen LogP contribution in [0.2, 0.25) is 5.02 Å². The van der Waals surface area contributed by atoms with Gasteiger partial charge < -0.3 is 24.8 Å². The molecular formula is C17H22ClFN2O4. The Kier molecular flexibility index (Phi) is 6.61. The third-order valence-electron chi connectivity index (χ3n) is 4.33. The van der Waals surface area contributed by atoms with E-state index in [1.54, 1.807) is 6.07 Å². The normalized spacial score (nSPS) is 27.5. The molecule has 2 N–H and O–H groups in total. The third kappa shape index (κ3) is 4.89. The van der Waals surface area contributed by atoms with E-state index in [0.29, 0.717) is 45.0 Å². The number of hydrogen-bond donors (Lipinski definition) is 2. The highest BCUT2D eigenvalue weighted by Crippen LogP contribution is 2.29. The van der Waals surface area contributed by atoms with E-state index >= 15 is 0 Å². The van der Waals surface area contributed by atoms with Gasteiger partial charge in [-0.2, -0.15) is 0 Å². The van der Waals surface area contributed by atoms with Crippen LogP contribution in [-0.4, -0.2) is 58.1 Å². The van der Waals surface area contributed by atoms with Gasteiger partial charge in [-0.3, -0.25) is 4.79 Å². The van der Waals surface area contributed by atoms with Gasteiger partial charge in [-0.15, -0.1) is 0 Å². The molecule has 2 heterocycles. The van der Waals surface area contributed by atoms with Crippen molar-refractivity contribution in [3.05, 3.63) is 34.6 Å². The maximum Gasteiger partial charge on any atom is 0.251 e. The summed E-state index contributed by atoms with van der Waals surface area (Å²) < 4.78 is 30.4. The van der Waals surface area contributed by atoms with E-state index in [4.69, 9.17) is 25.8 Å². The van der Waals surface area contributed by atoms with Crippen LogP contribution in [0.1, 0.15) is 11.7 Å². The van der Waals surface area contributed by atoms with Crippen LogP contribution in [0.25, 0.3) is 0 Å². The molecule has 2 aliphatic rings. The second-order valence-electron chi connectivity index (χ2n) is 6.11. The molecule has 0 bridgehead atoms. The van der Waals surface area contributed by atoms with Gasteiger partial charge in [0.25, 0.3) is 5.91 Å². The standard InChI is InChI=1S/C17H22ClFN2O4/c18-13-2-1-11(7-14(13)19)16-12(8-20-3-4-25-16)9-21-17(22)15-10-23-5-6-24-15/h1-2,7,12,15-16,20H,3-6,8-10H2,(H,21,22)/t12-,15?,16-/m0/s1. The van der Waals surface area contributed by atoms with Crippen LogP contribution in [0.4, 0.5) is 4.39 Å². The predicted molar refractivity (Wildman–Crippen MR) is 90.0 cm³/mol. The van der Waals surface area contributed by atoms with E-state index in [0.717, 1.165) is 0 Å². The number of carbonyl (C=O) groups is 1. The van der Waals surface area contributed by atoms with Crippen molar-refractivity contribution in [2.45, 2.75) is 12.2 Å². The lowest BCUT2D eigenvalue weighted by atomic mass is 9.95. The lowest BCUT2D eigenvalue weighted by Crippen LogP contribution is -2.45. The highest BCUT2D eigenvalue weighted by atomic mass is 35.5. The summed E-state index contributed by atoms with van der Waals surface area (Å²) in [6.07, 6.45) is -0.912. The monoisotopic (exact) mass is 372 g/mol. The summed E-state index contributed by atoms with van der Waals surface area (Å²) in [5.74, 6) is -0.725. The number of carbonyl (C=O) groups excluding carboxylic acids is 1. The van der Waals surface area contributed by atoms with Crippen LogP contribution in [0.5, 0.6) is 0 Å². The zero-order chi connectivity index (χ0) is 17.6. The maximum atomic E-state index is 13.8. The molecule has 1 aromatic rings. The second kappa shape index (κ2) is 8.91. The molecule has 0 saturated carbocycles. The fourth-order valence-electron chi connectivity index (χ4n) is 3.01. The molecule has 6 nitrogen and oxygen atoms in total. The number of nitrogens with one attached hydrogen (secondary N) is 2. The molecule has 0 aromatic heterocycles. The van der Waals surface area contributed by atoms with Gasteiger partial charge in [0.05, 0.1) is 37.6 Å². The average Bonchev–Trinajstić information content (AvgIpc) is 2.88. The van der Waals surface area contributed by atoms with Gasteiger partial charge in [0.2, 0.25) is 0 Å². The van der Waals surface area contributed by atoms with Crippen molar-refractivity contribution < 1.29 is 23.4 Å². The quantitative estimate of drug-likeness (QED) is 0.833. The van der Waals surface area contributed by atoms with Crippen molar-refractivity contribution in [3.63, 3.8) is 0 Å². The third-order valence-corrected chi connectivity index (χ3v) is 4.64. The van der Waals surface area contributed by atoms with E-state index < -0.39 is 11.9 Å². The van der Waals surface area contributed by atoms with Crippen LogP contribution in [0, 0.1) is 11.7 Å². The molecule has 2 fully saturated rings. The van der Waals surface area contributed by atoms with Crippen LogP contribution < -0.4 is 10.6 Å². The molecule has 0 spiro atoms. The fourth-order valence-corrected chi connectivity index (χ4v) is 3.13. The van der Waals surface area contributed by atoms with Gasteiger partial charge in [-0.25, -0.2) is 4.39 Å². The number of ether oxygens (including phenoxy) is 3. The minimum absolute atomic E-state index is 0.0449.